The second-order valence-corrected chi connectivity index (χ2v) is 7.96. The number of aromatic nitrogens is 3. The van der Waals surface area contributed by atoms with Crippen LogP contribution in [-0.4, -0.2) is 45.1 Å². The molecule has 0 radical (unpaired) electrons. The fourth-order valence-corrected chi connectivity index (χ4v) is 4.27. The van der Waals surface area contributed by atoms with E-state index in [2.05, 4.69) is 29.0 Å². The summed E-state index contributed by atoms with van der Waals surface area (Å²) < 4.78 is 12.7. The van der Waals surface area contributed by atoms with E-state index in [0.29, 0.717) is 18.0 Å². The molecule has 0 spiro atoms. The summed E-state index contributed by atoms with van der Waals surface area (Å²) in [6, 6.07) is 7.94. The van der Waals surface area contributed by atoms with Crippen LogP contribution in [0.15, 0.2) is 42.9 Å². The minimum absolute atomic E-state index is 0.0129. The fourth-order valence-electron chi connectivity index (χ4n) is 4.27. The fraction of sp³-hybridized carbons (Fsp3) is 0.381. The number of carbonyl (C=O) groups excluding carboxylic acids is 1. The molecular weight excluding hydrogens is 356 g/mol. The van der Waals surface area contributed by atoms with E-state index in [0.717, 1.165) is 37.3 Å². The molecular formula is C21H22N4O3. The molecule has 2 aliphatic heterocycles. The molecule has 1 saturated heterocycles. The Hall–Kier alpha value is -3.09. The summed E-state index contributed by atoms with van der Waals surface area (Å²) in [7, 11) is 0. The molecule has 0 unspecified atom stereocenters. The molecule has 0 bridgehead atoms. The third-order valence-electron chi connectivity index (χ3n) is 5.59. The van der Waals surface area contributed by atoms with Crippen molar-refractivity contribution in [2.24, 2.45) is 5.41 Å². The predicted octanol–water partition coefficient (Wildman–Crippen LogP) is 2.94. The third kappa shape index (κ3) is 3.06. The molecule has 1 aromatic carbocycles. The van der Waals surface area contributed by atoms with Crippen molar-refractivity contribution in [3.63, 3.8) is 0 Å². The van der Waals surface area contributed by atoms with Crippen molar-refractivity contribution in [1.29, 1.82) is 0 Å². The van der Waals surface area contributed by atoms with E-state index in [9.17, 15) is 4.79 Å². The number of nitrogens with zero attached hydrogens (tertiary/aromatic N) is 4. The number of likely N-dealkylation sites (tertiary alicyclic amines) is 1. The number of piperidine rings is 1. The van der Waals surface area contributed by atoms with Gasteiger partial charge in [-0.15, -0.1) is 0 Å². The van der Waals surface area contributed by atoms with Crippen molar-refractivity contribution >= 4 is 11.7 Å². The number of ether oxygens (including phenoxy) is 2. The lowest BCUT2D eigenvalue weighted by Gasteiger charge is -2.40. The molecule has 2 aliphatic rings. The Kier molecular flexibility index (Phi) is 3.96. The van der Waals surface area contributed by atoms with Crippen LogP contribution in [0, 0.1) is 5.41 Å². The zero-order valence-electron chi connectivity index (χ0n) is 15.8. The van der Waals surface area contributed by atoms with Gasteiger partial charge < -0.3 is 14.4 Å². The molecule has 7 heteroatoms. The molecule has 0 N–H and O–H groups in total. The van der Waals surface area contributed by atoms with Crippen LogP contribution in [0.3, 0.4) is 0 Å². The number of rotatable bonds is 3. The maximum absolute atomic E-state index is 13.0. The first-order valence-corrected chi connectivity index (χ1v) is 9.57. The summed E-state index contributed by atoms with van der Waals surface area (Å²) >= 11 is 0. The van der Waals surface area contributed by atoms with Gasteiger partial charge in [0.1, 0.15) is 5.69 Å². The summed E-state index contributed by atoms with van der Waals surface area (Å²) in [6.07, 6.45) is 8.25. The van der Waals surface area contributed by atoms with Gasteiger partial charge in [0.15, 0.2) is 11.5 Å². The molecule has 7 nitrogen and oxygen atoms in total. The number of benzene rings is 1. The lowest BCUT2D eigenvalue weighted by molar-refractivity contribution is 0.0545. The Morgan fingerprint density at radius 2 is 2.18 bits per heavy atom. The Morgan fingerprint density at radius 3 is 3.07 bits per heavy atom. The highest BCUT2D eigenvalue weighted by Crippen LogP contribution is 2.37. The maximum atomic E-state index is 13.0. The van der Waals surface area contributed by atoms with Crippen LogP contribution in [-0.2, 0) is 6.42 Å². The molecule has 0 aliphatic carbocycles. The first kappa shape index (κ1) is 17.0. The normalized spacial score (nSPS) is 21.2. The molecule has 144 valence electrons. The summed E-state index contributed by atoms with van der Waals surface area (Å²) in [6.45, 7) is 4.01. The topological polar surface area (TPSA) is 69.0 Å². The van der Waals surface area contributed by atoms with Gasteiger partial charge in [0.2, 0.25) is 12.6 Å². The van der Waals surface area contributed by atoms with Crippen LogP contribution in [0.4, 0.5) is 0 Å². The van der Waals surface area contributed by atoms with Gasteiger partial charge in [-0.3, -0.25) is 9.20 Å². The van der Waals surface area contributed by atoms with Crippen LogP contribution in [0.25, 0.3) is 5.78 Å². The minimum atomic E-state index is -0.0258. The van der Waals surface area contributed by atoms with Crippen LogP contribution >= 0.6 is 0 Å². The number of hydrogen-bond donors (Lipinski definition) is 0. The van der Waals surface area contributed by atoms with E-state index >= 15 is 0 Å². The van der Waals surface area contributed by atoms with Gasteiger partial charge >= 0.3 is 0 Å². The van der Waals surface area contributed by atoms with Gasteiger partial charge in [0.05, 0.1) is 0 Å². The van der Waals surface area contributed by atoms with Crippen LogP contribution in [0.2, 0.25) is 0 Å². The van der Waals surface area contributed by atoms with E-state index in [1.165, 1.54) is 5.56 Å². The molecule has 2 aromatic heterocycles. The lowest BCUT2D eigenvalue weighted by atomic mass is 9.77. The minimum Gasteiger partial charge on any atom is -0.454 e. The van der Waals surface area contributed by atoms with E-state index < -0.39 is 0 Å². The van der Waals surface area contributed by atoms with Gasteiger partial charge in [0, 0.05) is 31.7 Å². The summed E-state index contributed by atoms with van der Waals surface area (Å²) in [5.41, 5.74) is 1.67. The molecule has 1 atom stereocenters. The molecule has 3 aromatic rings. The Bertz CT molecular complexity index is 1010. The molecule has 28 heavy (non-hydrogen) atoms. The van der Waals surface area contributed by atoms with E-state index in [4.69, 9.17) is 9.47 Å². The molecule has 1 amide bonds. The largest absolute Gasteiger partial charge is 0.454 e. The zero-order valence-corrected chi connectivity index (χ0v) is 15.8. The van der Waals surface area contributed by atoms with Crippen LogP contribution in [0.5, 0.6) is 11.5 Å². The van der Waals surface area contributed by atoms with Crippen molar-refractivity contribution in [1.82, 2.24) is 19.3 Å². The van der Waals surface area contributed by atoms with Gasteiger partial charge in [-0.2, -0.15) is 0 Å². The molecule has 1 fully saturated rings. The smallest absolute Gasteiger partial charge is 0.274 e. The highest BCUT2D eigenvalue weighted by atomic mass is 16.7. The highest BCUT2D eigenvalue weighted by molar-refractivity contribution is 5.92. The van der Waals surface area contributed by atoms with Crippen molar-refractivity contribution in [3.05, 3.63) is 54.1 Å². The summed E-state index contributed by atoms with van der Waals surface area (Å²) in [5.74, 6) is 2.13. The predicted molar refractivity (Wildman–Crippen MR) is 103 cm³/mol. The molecule has 4 heterocycles. The van der Waals surface area contributed by atoms with Crippen molar-refractivity contribution in [3.8, 4) is 11.5 Å². The van der Waals surface area contributed by atoms with Crippen LogP contribution < -0.4 is 9.47 Å². The average Bonchev–Trinajstić information content (AvgIpc) is 3.33. The molecule has 5 rings (SSSR count). The summed E-state index contributed by atoms with van der Waals surface area (Å²) in [4.78, 5) is 23.6. The monoisotopic (exact) mass is 378 g/mol. The van der Waals surface area contributed by atoms with Crippen LogP contribution in [0.1, 0.15) is 35.8 Å². The number of fused-ring (bicyclic) bond motifs is 2. The SMILES string of the molecule is C[C@]1(Cc2ccc3c(c2)OCO3)CCCN(C(=O)c2cn3cccnc3n2)C1. The first-order valence-electron chi connectivity index (χ1n) is 9.57. The lowest BCUT2D eigenvalue weighted by Crippen LogP contribution is -2.45. The van der Waals surface area contributed by atoms with Gasteiger partial charge in [-0.25, -0.2) is 9.97 Å². The average molecular weight is 378 g/mol. The summed E-state index contributed by atoms with van der Waals surface area (Å²) in [5, 5.41) is 0. The quantitative estimate of drug-likeness (QED) is 0.701. The number of imidazole rings is 1. The number of hydrogen-bond acceptors (Lipinski definition) is 5. The third-order valence-corrected chi connectivity index (χ3v) is 5.59. The van der Waals surface area contributed by atoms with E-state index in [-0.39, 0.29) is 18.1 Å². The van der Waals surface area contributed by atoms with E-state index in [1.54, 1.807) is 16.8 Å². The zero-order chi connectivity index (χ0) is 19.1. The van der Waals surface area contributed by atoms with Gasteiger partial charge in [-0.1, -0.05) is 13.0 Å². The number of amides is 1. The maximum Gasteiger partial charge on any atom is 0.274 e. The van der Waals surface area contributed by atoms with Crippen molar-refractivity contribution in [2.75, 3.05) is 19.9 Å². The standard InChI is InChI=1S/C21H22N4O3/c1-21(11-15-4-5-17-18(10-15)28-14-27-17)6-2-8-25(13-21)19(26)16-12-24-9-3-7-22-20(24)23-16/h3-5,7,9-10,12H,2,6,8,11,13-14H2,1H3/t21-/m1/s1. The Labute approximate surface area is 162 Å². The Balaban J connectivity index is 1.34. The number of carbonyl (C=O) groups is 1. The molecule has 0 saturated carbocycles. The second kappa shape index (κ2) is 6.51. The first-order chi connectivity index (χ1) is 13.6. The van der Waals surface area contributed by atoms with Gasteiger partial charge in [-0.05, 0) is 48.4 Å². The van der Waals surface area contributed by atoms with Crippen molar-refractivity contribution < 1.29 is 14.3 Å². The highest BCUT2D eigenvalue weighted by Gasteiger charge is 2.34. The second-order valence-electron chi connectivity index (χ2n) is 7.96. The Morgan fingerprint density at radius 1 is 1.29 bits per heavy atom. The van der Waals surface area contributed by atoms with Crippen molar-refractivity contribution in [2.45, 2.75) is 26.2 Å². The van der Waals surface area contributed by atoms with E-state index in [1.807, 2.05) is 23.2 Å². The van der Waals surface area contributed by atoms with Gasteiger partial charge in [0.25, 0.3) is 5.91 Å².